The van der Waals surface area contributed by atoms with Crippen LogP contribution in [-0.2, 0) is 0 Å². The second kappa shape index (κ2) is 6.02. The maximum absolute atomic E-state index is 5.47. The van der Waals surface area contributed by atoms with Gasteiger partial charge in [0.1, 0.15) is 0 Å². The highest BCUT2D eigenvalue weighted by molar-refractivity contribution is 5.84. The van der Waals surface area contributed by atoms with Crippen molar-refractivity contribution < 1.29 is 0 Å². The lowest BCUT2D eigenvalue weighted by atomic mass is 9.91. The van der Waals surface area contributed by atoms with Gasteiger partial charge in [-0.05, 0) is 25.2 Å². The first-order valence-corrected chi connectivity index (χ1v) is 5.72. The summed E-state index contributed by atoms with van der Waals surface area (Å²) in [5.74, 6) is 2.56. The molecule has 1 aliphatic rings. The molecule has 0 aromatic heterocycles. The van der Waals surface area contributed by atoms with Crippen LogP contribution in [0.25, 0.3) is 0 Å². The molecule has 14 heavy (non-hydrogen) atoms. The Balaban J connectivity index is 2.50. The number of amidine groups is 1. The second-order valence-electron chi connectivity index (χ2n) is 4.37. The van der Waals surface area contributed by atoms with Gasteiger partial charge in [-0.25, -0.2) is 0 Å². The lowest BCUT2D eigenvalue weighted by Gasteiger charge is -2.22. The molecule has 1 aliphatic heterocycles. The molecular formula is C11H23N3. The molecule has 0 spiro atoms. The standard InChI is InChI=1S/C11H23N3/c1-9-4-3-6-13-11(10(2)8-9)14-7-5-12/h9-10H,3-8,12H2,1-2H3,(H,13,14). The van der Waals surface area contributed by atoms with Gasteiger partial charge in [-0.2, -0.15) is 0 Å². The van der Waals surface area contributed by atoms with Crippen molar-refractivity contribution in [1.29, 1.82) is 0 Å². The topological polar surface area (TPSA) is 50.4 Å². The third-order valence-corrected chi connectivity index (χ3v) is 2.81. The van der Waals surface area contributed by atoms with Crippen molar-refractivity contribution in [3.63, 3.8) is 0 Å². The maximum atomic E-state index is 5.47. The number of nitrogens with one attached hydrogen (secondary N) is 1. The first-order chi connectivity index (χ1) is 6.74. The predicted octanol–water partition coefficient (Wildman–Crippen LogP) is 1.39. The maximum Gasteiger partial charge on any atom is 0.0992 e. The third-order valence-electron chi connectivity index (χ3n) is 2.81. The van der Waals surface area contributed by atoms with Gasteiger partial charge in [0.2, 0.25) is 0 Å². The lowest BCUT2D eigenvalue weighted by molar-refractivity contribution is 0.426. The molecule has 0 bridgehead atoms. The molecule has 3 heteroatoms. The predicted molar refractivity (Wildman–Crippen MR) is 61.5 cm³/mol. The number of aliphatic imine (C=N–C) groups is 1. The summed E-state index contributed by atoms with van der Waals surface area (Å²) < 4.78 is 0. The van der Waals surface area contributed by atoms with Crippen LogP contribution in [0.2, 0.25) is 0 Å². The molecule has 0 amide bonds. The summed E-state index contributed by atoms with van der Waals surface area (Å²) in [6.07, 6.45) is 3.79. The van der Waals surface area contributed by atoms with Crippen LogP contribution in [0, 0.1) is 11.8 Å². The minimum atomic E-state index is 0.567. The van der Waals surface area contributed by atoms with Crippen molar-refractivity contribution >= 4 is 5.84 Å². The molecule has 3 nitrogen and oxygen atoms in total. The van der Waals surface area contributed by atoms with E-state index in [2.05, 4.69) is 24.2 Å². The number of hydrogen-bond acceptors (Lipinski definition) is 3. The van der Waals surface area contributed by atoms with Gasteiger partial charge in [0, 0.05) is 25.6 Å². The van der Waals surface area contributed by atoms with Crippen LogP contribution < -0.4 is 11.1 Å². The number of hydrogen-bond donors (Lipinski definition) is 2. The van der Waals surface area contributed by atoms with E-state index in [-0.39, 0.29) is 0 Å². The second-order valence-corrected chi connectivity index (χ2v) is 4.37. The molecule has 3 N–H and O–H groups in total. The van der Waals surface area contributed by atoms with E-state index in [1.807, 2.05) is 0 Å². The van der Waals surface area contributed by atoms with E-state index < -0.39 is 0 Å². The molecule has 0 saturated carbocycles. The average molecular weight is 197 g/mol. The highest BCUT2D eigenvalue weighted by Gasteiger charge is 2.16. The zero-order valence-corrected chi connectivity index (χ0v) is 9.42. The van der Waals surface area contributed by atoms with Crippen LogP contribution >= 0.6 is 0 Å². The van der Waals surface area contributed by atoms with Crippen molar-refractivity contribution in [2.24, 2.45) is 22.6 Å². The molecule has 1 heterocycles. The normalized spacial score (nSPS) is 28.9. The van der Waals surface area contributed by atoms with E-state index in [1.165, 1.54) is 25.1 Å². The molecule has 2 atom stereocenters. The van der Waals surface area contributed by atoms with Gasteiger partial charge in [0.05, 0.1) is 5.84 Å². The van der Waals surface area contributed by atoms with Crippen molar-refractivity contribution in [1.82, 2.24) is 5.32 Å². The van der Waals surface area contributed by atoms with E-state index in [1.54, 1.807) is 0 Å². The average Bonchev–Trinajstić information content (AvgIpc) is 2.14. The largest absolute Gasteiger partial charge is 0.372 e. The van der Waals surface area contributed by atoms with Crippen LogP contribution in [0.4, 0.5) is 0 Å². The zero-order valence-electron chi connectivity index (χ0n) is 9.42. The molecule has 1 rings (SSSR count). The van der Waals surface area contributed by atoms with Gasteiger partial charge in [-0.15, -0.1) is 0 Å². The van der Waals surface area contributed by atoms with Gasteiger partial charge in [0.15, 0.2) is 0 Å². The Morgan fingerprint density at radius 2 is 2.29 bits per heavy atom. The summed E-state index contributed by atoms with van der Waals surface area (Å²) in [5, 5.41) is 3.33. The molecule has 0 radical (unpaired) electrons. The molecule has 0 fully saturated rings. The smallest absolute Gasteiger partial charge is 0.0992 e. The SMILES string of the molecule is CC1CCCN=C(NCCN)C(C)C1. The Morgan fingerprint density at radius 1 is 1.50 bits per heavy atom. The third kappa shape index (κ3) is 3.66. The lowest BCUT2D eigenvalue weighted by Crippen LogP contribution is -2.35. The summed E-state index contributed by atoms with van der Waals surface area (Å²) in [5.41, 5.74) is 5.47. The molecule has 0 aromatic carbocycles. The Kier molecular flexibility index (Phi) is 4.94. The van der Waals surface area contributed by atoms with Crippen molar-refractivity contribution in [2.75, 3.05) is 19.6 Å². The summed E-state index contributed by atoms with van der Waals surface area (Å²) in [6.45, 7) is 7.09. The van der Waals surface area contributed by atoms with E-state index in [9.17, 15) is 0 Å². The molecule has 0 saturated heterocycles. The molecule has 2 unspecified atom stereocenters. The van der Waals surface area contributed by atoms with Crippen molar-refractivity contribution in [3.05, 3.63) is 0 Å². The first kappa shape index (κ1) is 11.5. The van der Waals surface area contributed by atoms with Crippen LogP contribution in [0.5, 0.6) is 0 Å². The van der Waals surface area contributed by atoms with E-state index >= 15 is 0 Å². The van der Waals surface area contributed by atoms with Crippen LogP contribution in [0.15, 0.2) is 4.99 Å². The molecule has 0 aromatic rings. The fourth-order valence-electron chi connectivity index (χ4n) is 2.06. The number of nitrogens with two attached hydrogens (primary N) is 1. The van der Waals surface area contributed by atoms with E-state index in [0.29, 0.717) is 12.5 Å². The Hall–Kier alpha value is -0.570. The summed E-state index contributed by atoms with van der Waals surface area (Å²) >= 11 is 0. The Labute approximate surface area is 87.2 Å². The minimum absolute atomic E-state index is 0.567. The van der Waals surface area contributed by atoms with Crippen LogP contribution in [-0.4, -0.2) is 25.5 Å². The zero-order chi connectivity index (χ0) is 10.4. The number of nitrogens with zero attached hydrogens (tertiary/aromatic N) is 1. The molecule has 0 aliphatic carbocycles. The summed E-state index contributed by atoms with van der Waals surface area (Å²) in [4.78, 5) is 4.59. The molecular weight excluding hydrogens is 174 g/mol. The van der Waals surface area contributed by atoms with Crippen molar-refractivity contribution in [3.8, 4) is 0 Å². The summed E-state index contributed by atoms with van der Waals surface area (Å²) in [6, 6.07) is 0. The number of rotatable bonds is 2. The quantitative estimate of drug-likeness (QED) is 0.703. The highest BCUT2D eigenvalue weighted by Crippen LogP contribution is 2.19. The molecule has 82 valence electrons. The monoisotopic (exact) mass is 197 g/mol. The minimum Gasteiger partial charge on any atom is -0.372 e. The van der Waals surface area contributed by atoms with Gasteiger partial charge in [-0.3, -0.25) is 4.99 Å². The van der Waals surface area contributed by atoms with Crippen molar-refractivity contribution in [2.45, 2.75) is 33.1 Å². The fourth-order valence-corrected chi connectivity index (χ4v) is 2.06. The fraction of sp³-hybridized carbons (Fsp3) is 0.909. The van der Waals surface area contributed by atoms with Gasteiger partial charge in [-0.1, -0.05) is 13.8 Å². The van der Waals surface area contributed by atoms with Gasteiger partial charge < -0.3 is 11.1 Å². The highest BCUT2D eigenvalue weighted by atomic mass is 15.0. The summed E-state index contributed by atoms with van der Waals surface area (Å²) in [7, 11) is 0. The van der Waals surface area contributed by atoms with Crippen LogP contribution in [0.1, 0.15) is 33.1 Å². The van der Waals surface area contributed by atoms with Crippen LogP contribution in [0.3, 0.4) is 0 Å². The first-order valence-electron chi connectivity index (χ1n) is 5.72. The van der Waals surface area contributed by atoms with E-state index in [4.69, 9.17) is 5.73 Å². The van der Waals surface area contributed by atoms with Gasteiger partial charge in [0.25, 0.3) is 0 Å². The van der Waals surface area contributed by atoms with E-state index in [0.717, 1.165) is 19.0 Å². The van der Waals surface area contributed by atoms with Gasteiger partial charge >= 0.3 is 0 Å². The Bertz CT molecular complexity index is 189. The Morgan fingerprint density at radius 3 is 3.00 bits per heavy atom.